The van der Waals surface area contributed by atoms with Gasteiger partial charge in [-0.3, -0.25) is 4.90 Å². The molecule has 144 valence electrons. The molecule has 3 heterocycles. The highest BCUT2D eigenvalue weighted by molar-refractivity contribution is 5.64. The normalized spacial score (nSPS) is 37.2. The van der Waals surface area contributed by atoms with E-state index in [-0.39, 0.29) is 17.9 Å². The van der Waals surface area contributed by atoms with Gasteiger partial charge in [-0.05, 0) is 55.3 Å². The molecule has 1 aromatic heterocycles. The highest BCUT2D eigenvalue weighted by atomic mass is 16.5. The van der Waals surface area contributed by atoms with Crippen molar-refractivity contribution in [2.24, 2.45) is 5.92 Å². The second-order valence-corrected chi connectivity index (χ2v) is 9.36. The third-order valence-corrected chi connectivity index (χ3v) is 8.04. The number of phenols is 1. The number of likely N-dealkylation sites (tertiary alicyclic amines) is 1. The quantitative estimate of drug-likeness (QED) is 0.832. The van der Waals surface area contributed by atoms with E-state index >= 15 is 0 Å². The third-order valence-electron chi connectivity index (χ3n) is 8.04. The second-order valence-electron chi connectivity index (χ2n) is 9.36. The molecule has 5 aliphatic rings. The summed E-state index contributed by atoms with van der Waals surface area (Å²) in [4.78, 5) is 11.3. The number of benzene rings is 1. The number of fused-ring (bicyclic) bond motifs is 2. The van der Waals surface area contributed by atoms with Crippen molar-refractivity contribution >= 4 is 0 Å². The lowest BCUT2D eigenvalue weighted by Gasteiger charge is -2.62. The molecule has 2 N–H and O–H groups in total. The van der Waals surface area contributed by atoms with Crippen LogP contribution in [0, 0.1) is 5.92 Å². The van der Waals surface area contributed by atoms with E-state index in [1.165, 1.54) is 18.4 Å². The van der Waals surface area contributed by atoms with Crippen molar-refractivity contribution in [2.45, 2.75) is 55.3 Å². The molecule has 4 atom stereocenters. The Morgan fingerprint density at radius 3 is 3.00 bits per heavy atom. The molecule has 6 nitrogen and oxygen atoms in total. The summed E-state index contributed by atoms with van der Waals surface area (Å²) in [6.07, 6.45) is 7.82. The van der Waals surface area contributed by atoms with Crippen LogP contribution in [0.2, 0.25) is 0 Å². The van der Waals surface area contributed by atoms with Crippen LogP contribution in [0.25, 0.3) is 0 Å². The maximum absolute atomic E-state index is 12.4. The zero-order chi connectivity index (χ0) is 18.7. The van der Waals surface area contributed by atoms with Gasteiger partial charge in [-0.2, -0.15) is 0 Å². The van der Waals surface area contributed by atoms with Crippen LogP contribution in [0.5, 0.6) is 11.5 Å². The van der Waals surface area contributed by atoms with Crippen LogP contribution in [-0.2, 0) is 18.3 Å². The van der Waals surface area contributed by atoms with Crippen LogP contribution in [-0.4, -0.2) is 49.8 Å². The Kier molecular flexibility index (Phi) is 2.73. The lowest BCUT2D eigenvalue weighted by molar-refractivity contribution is -0.173. The maximum atomic E-state index is 12.4. The average molecular weight is 377 g/mol. The fourth-order valence-corrected chi connectivity index (χ4v) is 6.68. The zero-order valence-corrected chi connectivity index (χ0v) is 15.6. The van der Waals surface area contributed by atoms with Crippen LogP contribution in [0.3, 0.4) is 0 Å². The number of rotatable bonds is 2. The predicted molar refractivity (Wildman–Crippen MR) is 100 cm³/mol. The van der Waals surface area contributed by atoms with Crippen molar-refractivity contribution in [1.82, 2.24) is 14.9 Å². The van der Waals surface area contributed by atoms with Gasteiger partial charge >= 0.3 is 0 Å². The summed E-state index contributed by atoms with van der Waals surface area (Å²) >= 11 is 0. The Hall–Kier alpha value is -2.18. The van der Waals surface area contributed by atoms with Crippen LogP contribution >= 0.6 is 0 Å². The highest BCUT2D eigenvalue weighted by Gasteiger charge is 2.72. The first-order valence-electron chi connectivity index (χ1n) is 10.4. The summed E-state index contributed by atoms with van der Waals surface area (Å²) in [6.45, 7) is 2.03. The van der Waals surface area contributed by atoms with Crippen LogP contribution in [0.1, 0.15) is 47.8 Å². The largest absolute Gasteiger partial charge is 0.504 e. The first kappa shape index (κ1) is 15.7. The fraction of sp³-hybridized carbons (Fsp3) is 0.545. The van der Waals surface area contributed by atoms with E-state index < -0.39 is 11.0 Å². The van der Waals surface area contributed by atoms with Gasteiger partial charge in [-0.1, -0.05) is 6.07 Å². The Morgan fingerprint density at radius 2 is 2.14 bits per heavy atom. The number of nitrogens with zero attached hydrogens (tertiary/aromatic N) is 3. The fourth-order valence-electron chi connectivity index (χ4n) is 6.68. The van der Waals surface area contributed by atoms with E-state index in [0.717, 1.165) is 48.7 Å². The molecule has 0 unspecified atom stereocenters. The minimum absolute atomic E-state index is 0.0595. The first-order chi connectivity index (χ1) is 13.6. The van der Waals surface area contributed by atoms with E-state index in [1.807, 2.05) is 12.3 Å². The molecule has 1 aromatic carbocycles. The van der Waals surface area contributed by atoms with E-state index in [4.69, 9.17) is 4.74 Å². The van der Waals surface area contributed by atoms with Crippen molar-refractivity contribution in [3.8, 4) is 11.5 Å². The van der Waals surface area contributed by atoms with E-state index in [1.54, 1.807) is 12.4 Å². The summed E-state index contributed by atoms with van der Waals surface area (Å²) in [5, 5.41) is 23.0. The number of piperidine rings is 1. The summed E-state index contributed by atoms with van der Waals surface area (Å²) in [6, 6.07) is 3.84. The Bertz CT molecular complexity index is 1020. The number of aromatic nitrogens is 2. The van der Waals surface area contributed by atoms with Gasteiger partial charge in [0.05, 0.1) is 16.7 Å². The lowest BCUT2D eigenvalue weighted by atomic mass is 9.49. The predicted octanol–water partition coefficient (Wildman–Crippen LogP) is 1.88. The minimum Gasteiger partial charge on any atom is -0.504 e. The van der Waals surface area contributed by atoms with Gasteiger partial charge < -0.3 is 14.9 Å². The van der Waals surface area contributed by atoms with E-state index in [0.29, 0.717) is 12.2 Å². The van der Waals surface area contributed by atoms with Crippen LogP contribution in [0.15, 0.2) is 24.7 Å². The Balaban J connectivity index is 1.50. The molecule has 0 amide bonds. The summed E-state index contributed by atoms with van der Waals surface area (Å²) in [5.41, 5.74) is 2.61. The molecule has 1 saturated carbocycles. The number of aliphatic hydroxyl groups is 1. The van der Waals surface area contributed by atoms with Crippen molar-refractivity contribution in [3.05, 3.63) is 47.0 Å². The first-order valence-corrected chi connectivity index (χ1v) is 10.4. The maximum Gasteiger partial charge on any atom is 0.166 e. The standard InChI is InChI=1S/C22H23N3O3/c26-15-4-3-13-7-16-22(27)8-14-9-23-11-24-18(14)20-21(22,17(13)19(15)28-20)5-6-25(16)10-12-1-2-12/h3-4,9,11-12,16,20,26-27H,1-2,5-8,10H2/t16-,20-,21-,22+/m0/s1. The molecule has 7 rings (SSSR count). The molecule has 2 aromatic rings. The number of aromatic hydroxyl groups is 1. The molecular formula is C22H23N3O3. The number of hydrogen-bond donors (Lipinski definition) is 2. The second kappa shape index (κ2) is 4.86. The average Bonchev–Trinajstić information content (AvgIpc) is 3.42. The zero-order valence-electron chi connectivity index (χ0n) is 15.6. The van der Waals surface area contributed by atoms with Gasteiger partial charge in [0.2, 0.25) is 0 Å². The van der Waals surface area contributed by atoms with E-state index in [9.17, 15) is 10.2 Å². The van der Waals surface area contributed by atoms with Crippen LogP contribution < -0.4 is 4.74 Å². The lowest BCUT2D eigenvalue weighted by Crippen LogP contribution is -2.74. The van der Waals surface area contributed by atoms with Crippen LogP contribution in [0.4, 0.5) is 0 Å². The number of phenolic OH excluding ortho intramolecular Hbond substituents is 1. The molecule has 2 aliphatic heterocycles. The molecule has 6 heteroatoms. The van der Waals surface area contributed by atoms with Crippen molar-refractivity contribution < 1.29 is 14.9 Å². The van der Waals surface area contributed by atoms with Crippen molar-refractivity contribution in [1.29, 1.82) is 0 Å². The third kappa shape index (κ3) is 1.65. The molecule has 3 aliphatic carbocycles. The van der Waals surface area contributed by atoms with Crippen molar-refractivity contribution in [3.63, 3.8) is 0 Å². The molecule has 1 saturated heterocycles. The Labute approximate surface area is 163 Å². The van der Waals surface area contributed by atoms with Gasteiger partial charge in [0.25, 0.3) is 0 Å². The minimum atomic E-state index is -0.936. The monoisotopic (exact) mass is 377 g/mol. The van der Waals surface area contributed by atoms with Gasteiger partial charge in [-0.15, -0.1) is 0 Å². The number of ether oxygens (including phenoxy) is 1. The smallest absolute Gasteiger partial charge is 0.166 e. The number of hydrogen-bond acceptors (Lipinski definition) is 6. The van der Waals surface area contributed by atoms with E-state index in [2.05, 4.69) is 14.9 Å². The SMILES string of the molecule is Oc1ccc2c3c1O[C@H]1c4ncncc4C[C@@]4(O)[C@H](C2)N(CC2CC2)CC[C@]314. The Morgan fingerprint density at radius 1 is 1.25 bits per heavy atom. The van der Waals surface area contributed by atoms with Gasteiger partial charge in [0, 0.05) is 30.8 Å². The highest BCUT2D eigenvalue weighted by Crippen LogP contribution is 2.68. The van der Waals surface area contributed by atoms with Crippen molar-refractivity contribution in [2.75, 3.05) is 13.1 Å². The molecular weight excluding hydrogens is 354 g/mol. The topological polar surface area (TPSA) is 78.7 Å². The molecule has 2 bridgehead atoms. The molecule has 0 radical (unpaired) electrons. The van der Waals surface area contributed by atoms with Gasteiger partial charge in [0.1, 0.15) is 6.33 Å². The molecule has 1 spiro atoms. The molecule has 2 fully saturated rings. The van der Waals surface area contributed by atoms with Gasteiger partial charge in [-0.25, -0.2) is 9.97 Å². The summed E-state index contributed by atoms with van der Waals surface area (Å²) in [5.74, 6) is 1.50. The van der Waals surface area contributed by atoms with Gasteiger partial charge in [0.15, 0.2) is 17.6 Å². The summed E-state index contributed by atoms with van der Waals surface area (Å²) < 4.78 is 6.41. The summed E-state index contributed by atoms with van der Waals surface area (Å²) in [7, 11) is 0. The molecule has 28 heavy (non-hydrogen) atoms.